The molecule has 1 rings (SSSR count). The zero-order valence-corrected chi connectivity index (χ0v) is 11.5. The Bertz CT molecular complexity index is 458. The van der Waals surface area contributed by atoms with Gasteiger partial charge in [-0.15, -0.1) is 0 Å². The summed E-state index contributed by atoms with van der Waals surface area (Å²) in [4.78, 5) is 0.389. The van der Waals surface area contributed by atoms with Crippen LogP contribution in [0.25, 0.3) is 0 Å². The van der Waals surface area contributed by atoms with Crippen LogP contribution in [0.4, 0.5) is 0 Å². The minimum absolute atomic E-state index is 0.345. The molecule has 1 aromatic rings. The highest BCUT2D eigenvalue weighted by atomic mass is 32.2. The van der Waals surface area contributed by atoms with Gasteiger partial charge in [0.1, 0.15) is 0 Å². The molecular weight excluding hydrogens is 242 g/mol. The van der Waals surface area contributed by atoms with Crippen molar-refractivity contribution in [3.05, 3.63) is 28.8 Å². The van der Waals surface area contributed by atoms with E-state index in [0.717, 1.165) is 16.7 Å². The lowest BCUT2D eigenvalue weighted by Crippen LogP contribution is -2.27. The molecule has 0 aromatic heterocycles. The maximum absolute atomic E-state index is 12.0. The quantitative estimate of drug-likeness (QED) is 0.810. The van der Waals surface area contributed by atoms with Gasteiger partial charge in [0, 0.05) is 12.3 Å². The van der Waals surface area contributed by atoms with Gasteiger partial charge in [-0.1, -0.05) is 17.7 Å². The molecule has 0 aliphatic rings. The van der Waals surface area contributed by atoms with E-state index in [1.807, 2.05) is 32.9 Å². The molecule has 16 heavy (non-hydrogen) atoms. The van der Waals surface area contributed by atoms with Crippen LogP contribution in [0.3, 0.4) is 0 Å². The fourth-order valence-corrected chi connectivity index (χ4v) is 3.59. The van der Waals surface area contributed by atoms with E-state index in [1.165, 1.54) is 0 Å². The SMILES string of the molecule is Cc1cc(C)c(S(=O)(=O)NCCS)c(C)c1. The van der Waals surface area contributed by atoms with Gasteiger partial charge in [-0.25, -0.2) is 13.1 Å². The van der Waals surface area contributed by atoms with Gasteiger partial charge in [0.05, 0.1) is 4.90 Å². The van der Waals surface area contributed by atoms with Crippen molar-refractivity contribution in [2.24, 2.45) is 0 Å². The van der Waals surface area contributed by atoms with Gasteiger partial charge in [-0.2, -0.15) is 12.6 Å². The molecule has 0 aliphatic heterocycles. The number of aryl methyl sites for hydroxylation is 3. The molecule has 0 bridgehead atoms. The topological polar surface area (TPSA) is 46.2 Å². The summed E-state index contributed by atoms with van der Waals surface area (Å²) in [6, 6.07) is 3.75. The second kappa shape index (κ2) is 5.21. The van der Waals surface area contributed by atoms with Crippen molar-refractivity contribution < 1.29 is 8.42 Å². The summed E-state index contributed by atoms with van der Waals surface area (Å²) in [5.74, 6) is 0.489. The van der Waals surface area contributed by atoms with Gasteiger partial charge in [0.15, 0.2) is 0 Å². The zero-order valence-electron chi connectivity index (χ0n) is 9.74. The molecule has 0 heterocycles. The van der Waals surface area contributed by atoms with Crippen molar-refractivity contribution in [1.29, 1.82) is 0 Å². The third kappa shape index (κ3) is 2.99. The number of hydrogen-bond acceptors (Lipinski definition) is 3. The normalized spacial score (nSPS) is 11.8. The van der Waals surface area contributed by atoms with E-state index in [4.69, 9.17) is 0 Å². The molecule has 0 fully saturated rings. The van der Waals surface area contributed by atoms with Gasteiger partial charge >= 0.3 is 0 Å². The zero-order chi connectivity index (χ0) is 12.3. The van der Waals surface area contributed by atoms with Crippen LogP contribution in [0.5, 0.6) is 0 Å². The third-order valence-corrected chi connectivity index (χ3v) is 4.27. The third-order valence-electron chi connectivity index (χ3n) is 2.28. The predicted molar refractivity (Wildman–Crippen MR) is 69.7 cm³/mol. The molecule has 0 saturated carbocycles. The smallest absolute Gasteiger partial charge is 0.210 e. The van der Waals surface area contributed by atoms with Gasteiger partial charge in [0.25, 0.3) is 0 Å². The molecule has 0 aliphatic carbocycles. The molecule has 0 amide bonds. The van der Waals surface area contributed by atoms with Crippen LogP contribution in [0.1, 0.15) is 16.7 Å². The van der Waals surface area contributed by atoms with E-state index in [9.17, 15) is 8.42 Å². The highest BCUT2D eigenvalue weighted by Crippen LogP contribution is 2.21. The molecular formula is C11H17NO2S2. The van der Waals surface area contributed by atoms with Crippen LogP contribution in [0.15, 0.2) is 17.0 Å². The Labute approximate surface area is 103 Å². The van der Waals surface area contributed by atoms with Crippen molar-refractivity contribution >= 4 is 22.7 Å². The van der Waals surface area contributed by atoms with Crippen LogP contribution in [0.2, 0.25) is 0 Å². The van der Waals surface area contributed by atoms with Crippen LogP contribution < -0.4 is 4.72 Å². The lowest BCUT2D eigenvalue weighted by atomic mass is 10.1. The maximum atomic E-state index is 12.0. The number of hydrogen-bond donors (Lipinski definition) is 2. The minimum atomic E-state index is -3.40. The second-order valence-corrected chi connectivity index (χ2v) is 6.00. The average molecular weight is 259 g/mol. The van der Waals surface area contributed by atoms with E-state index in [2.05, 4.69) is 17.4 Å². The predicted octanol–water partition coefficient (Wildman–Crippen LogP) is 1.82. The number of thiol groups is 1. The van der Waals surface area contributed by atoms with Crippen LogP contribution >= 0.6 is 12.6 Å². The summed E-state index contributed by atoms with van der Waals surface area (Å²) >= 11 is 3.99. The monoisotopic (exact) mass is 259 g/mol. The van der Waals surface area contributed by atoms with E-state index in [0.29, 0.717) is 17.2 Å². The summed E-state index contributed by atoms with van der Waals surface area (Å²) in [7, 11) is -3.40. The fraction of sp³-hybridized carbons (Fsp3) is 0.455. The lowest BCUT2D eigenvalue weighted by molar-refractivity contribution is 0.583. The molecule has 5 heteroatoms. The first-order chi connectivity index (χ1) is 7.38. The summed E-state index contributed by atoms with van der Waals surface area (Å²) in [6.07, 6.45) is 0. The molecule has 0 spiro atoms. The summed E-state index contributed by atoms with van der Waals surface area (Å²) in [6.45, 7) is 5.93. The van der Waals surface area contributed by atoms with Crippen LogP contribution in [0, 0.1) is 20.8 Å². The van der Waals surface area contributed by atoms with Crippen molar-refractivity contribution in [2.75, 3.05) is 12.3 Å². The van der Waals surface area contributed by atoms with Crippen molar-refractivity contribution in [3.8, 4) is 0 Å². The highest BCUT2D eigenvalue weighted by molar-refractivity contribution is 7.89. The van der Waals surface area contributed by atoms with Gasteiger partial charge in [-0.3, -0.25) is 0 Å². The number of rotatable bonds is 4. The molecule has 90 valence electrons. The van der Waals surface area contributed by atoms with E-state index in [-0.39, 0.29) is 0 Å². The van der Waals surface area contributed by atoms with Crippen molar-refractivity contribution in [2.45, 2.75) is 25.7 Å². The fourth-order valence-electron chi connectivity index (χ4n) is 1.84. The van der Waals surface area contributed by atoms with E-state index in [1.54, 1.807) is 0 Å². The summed E-state index contributed by atoms with van der Waals surface area (Å²) in [5, 5.41) is 0. The summed E-state index contributed by atoms with van der Waals surface area (Å²) in [5.41, 5.74) is 2.64. The van der Waals surface area contributed by atoms with E-state index < -0.39 is 10.0 Å². The Morgan fingerprint density at radius 3 is 2.12 bits per heavy atom. The van der Waals surface area contributed by atoms with E-state index >= 15 is 0 Å². The first-order valence-corrected chi connectivity index (χ1v) is 7.18. The first kappa shape index (κ1) is 13.5. The Balaban J connectivity index is 3.23. The van der Waals surface area contributed by atoms with Gasteiger partial charge in [0.2, 0.25) is 10.0 Å². The average Bonchev–Trinajstić information content (AvgIpc) is 2.12. The molecule has 3 nitrogen and oxygen atoms in total. The summed E-state index contributed by atoms with van der Waals surface area (Å²) < 4.78 is 26.5. The Morgan fingerprint density at radius 1 is 1.19 bits per heavy atom. The number of sulfonamides is 1. The number of nitrogens with one attached hydrogen (secondary N) is 1. The molecule has 1 N–H and O–H groups in total. The molecule has 0 atom stereocenters. The molecule has 0 saturated heterocycles. The Kier molecular flexibility index (Phi) is 4.41. The number of benzene rings is 1. The Hall–Kier alpha value is -0.520. The van der Waals surface area contributed by atoms with Crippen LogP contribution in [-0.2, 0) is 10.0 Å². The molecule has 1 aromatic carbocycles. The molecule has 0 radical (unpaired) electrons. The van der Waals surface area contributed by atoms with Crippen molar-refractivity contribution in [3.63, 3.8) is 0 Å². The standard InChI is InChI=1S/C11H17NO2S2/c1-8-6-9(2)11(10(3)7-8)16(13,14)12-4-5-15/h6-7,12,15H,4-5H2,1-3H3. The molecule has 0 unspecified atom stereocenters. The highest BCUT2D eigenvalue weighted by Gasteiger charge is 2.18. The van der Waals surface area contributed by atoms with Crippen LogP contribution in [-0.4, -0.2) is 20.7 Å². The largest absolute Gasteiger partial charge is 0.241 e. The Morgan fingerprint density at radius 2 is 1.69 bits per heavy atom. The van der Waals surface area contributed by atoms with Gasteiger partial charge in [-0.05, 0) is 31.9 Å². The maximum Gasteiger partial charge on any atom is 0.241 e. The second-order valence-electron chi connectivity index (χ2n) is 3.85. The first-order valence-electron chi connectivity index (χ1n) is 5.07. The lowest BCUT2D eigenvalue weighted by Gasteiger charge is -2.12. The van der Waals surface area contributed by atoms with Gasteiger partial charge < -0.3 is 0 Å². The van der Waals surface area contributed by atoms with Crippen molar-refractivity contribution in [1.82, 2.24) is 4.72 Å². The minimum Gasteiger partial charge on any atom is -0.210 e.